The van der Waals surface area contributed by atoms with Crippen molar-refractivity contribution in [2.24, 2.45) is 5.73 Å². The number of fused-ring (bicyclic) bond motifs is 2. The van der Waals surface area contributed by atoms with Gasteiger partial charge in [-0.3, -0.25) is 0 Å². The minimum atomic E-state index is -0.914. The zero-order chi connectivity index (χ0) is 16.0. The number of benzene rings is 2. The molecular weight excluding hydrogens is 304 g/mol. The first-order chi connectivity index (χ1) is 11.2. The Morgan fingerprint density at radius 3 is 2.61 bits per heavy atom. The first-order valence-corrected chi connectivity index (χ1v) is 7.13. The summed E-state index contributed by atoms with van der Waals surface area (Å²) in [6, 6.07) is 7.30. The summed E-state index contributed by atoms with van der Waals surface area (Å²) in [5, 5.41) is 0. The molecule has 1 aromatic heterocycles. The number of halogens is 2. The van der Waals surface area contributed by atoms with Gasteiger partial charge in [-0.1, -0.05) is 0 Å². The highest BCUT2D eigenvalue weighted by Crippen LogP contribution is 2.37. The van der Waals surface area contributed by atoms with E-state index in [4.69, 9.17) is 15.2 Å². The summed E-state index contributed by atoms with van der Waals surface area (Å²) < 4.78 is 39.3. The molecule has 7 heteroatoms. The quantitative estimate of drug-likeness (QED) is 0.807. The molecule has 5 nitrogen and oxygen atoms in total. The highest BCUT2D eigenvalue weighted by molar-refractivity contribution is 5.84. The lowest BCUT2D eigenvalue weighted by molar-refractivity contribution is 0.174. The van der Waals surface area contributed by atoms with Gasteiger partial charge < -0.3 is 19.8 Å². The average molecular weight is 317 g/mol. The Labute approximate surface area is 130 Å². The fourth-order valence-electron chi connectivity index (χ4n) is 2.73. The van der Waals surface area contributed by atoms with Crippen LogP contribution < -0.4 is 15.2 Å². The normalized spacial score (nSPS) is 13.0. The van der Waals surface area contributed by atoms with Crippen LogP contribution in [0.15, 0.2) is 30.3 Å². The molecule has 3 aromatic rings. The van der Waals surface area contributed by atoms with Gasteiger partial charge in [-0.25, -0.2) is 13.8 Å². The molecule has 2 aromatic carbocycles. The predicted molar refractivity (Wildman–Crippen MR) is 80.3 cm³/mol. The largest absolute Gasteiger partial charge is 0.454 e. The molecule has 2 N–H and O–H groups in total. The van der Waals surface area contributed by atoms with Crippen molar-refractivity contribution in [1.82, 2.24) is 9.55 Å². The first-order valence-electron chi connectivity index (χ1n) is 7.13. The van der Waals surface area contributed by atoms with Crippen LogP contribution >= 0.6 is 0 Å². The van der Waals surface area contributed by atoms with Crippen molar-refractivity contribution in [3.05, 3.63) is 42.0 Å². The Hall–Kier alpha value is -2.67. The summed E-state index contributed by atoms with van der Waals surface area (Å²) >= 11 is 0. The van der Waals surface area contributed by atoms with E-state index < -0.39 is 11.6 Å². The maximum Gasteiger partial charge on any atom is 0.231 e. The Bertz CT molecular complexity index is 908. The standard InChI is InChI=1S/C16H13F2N3O2/c17-10-2-1-9(5-11(10)18)16-20-12-6-14-15(23-8-22-14)7-13(12)21(16)4-3-19/h1-2,5-7H,3-4,8,19H2. The van der Waals surface area contributed by atoms with E-state index in [9.17, 15) is 8.78 Å². The zero-order valence-corrected chi connectivity index (χ0v) is 12.1. The second kappa shape index (κ2) is 5.20. The molecule has 0 bridgehead atoms. The van der Waals surface area contributed by atoms with Crippen LogP contribution in [0.25, 0.3) is 22.4 Å². The molecule has 0 amide bonds. The van der Waals surface area contributed by atoms with Gasteiger partial charge in [-0.2, -0.15) is 0 Å². The molecule has 0 fully saturated rings. The van der Waals surface area contributed by atoms with E-state index in [1.165, 1.54) is 6.07 Å². The molecule has 0 atom stereocenters. The fourth-order valence-corrected chi connectivity index (χ4v) is 2.73. The first kappa shape index (κ1) is 14.0. The fraction of sp³-hybridized carbons (Fsp3) is 0.188. The SMILES string of the molecule is NCCn1c(-c2ccc(F)c(F)c2)nc2cc3c(cc21)OCO3. The Balaban J connectivity index is 1.94. The van der Waals surface area contributed by atoms with Gasteiger partial charge in [0, 0.05) is 30.8 Å². The van der Waals surface area contributed by atoms with Crippen LogP contribution in [0.2, 0.25) is 0 Å². The predicted octanol–water partition coefficient (Wildman–Crippen LogP) is 2.67. The number of ether oxygens (including phenoxy) is 2. The third kappa shape index (κ3) is 2.20. The summed E-state index contributed by atoms with van der Waals surface area (Å²) in [5.41, 5.74) is 7.66. The summed E-state index contributed by atoms with van der Waals surface area (Å²) in [5.74, 6) is -0.0358. The second-order valence-electron chi connectivity index (χ2n) is 5.20. The molecule has 0 saturated carbocycles. The van der Waals surface area contributed by atoms with Crippen molar-refractivity contribution < 1.29 is 18.3 Å². The van der Waals surface area contributed by atoms with E-state index in [-0.39, 0.29) is 6.79 Å². The number of nitrogens with two attached hydrogens (primary N) is 1. The monoisotopic (exact) mass is 317 g/mol. The van der Waals surface area contributed by atoms with Gasteiger partial charge in [-0.15, -0.1) is 0 Å². The van der Waals surface area contributed by atoms with E-state index in [2.05, 4.69) is 4.98 Å². The topological polar surface area (TPSA) is 62.3 Å². The zero-order valence-electron chi connectivity index (χ0n) is 12.1. The highest BCUT2D eigenvalue weighted by atomic mass is 19.2. The highest BCUT2D eigenvalue weighted by Gasteiger charge is 2.20. The number of hydrogen-bond acceptors (Lipinski definition) is 4. The molecule has 0 saturated heterocycles. The minimum absolute atomic E-state index is 0.175. The second-order valence-corrected chi connectivity index (χ2v) is 5.20. The number of aromatic nitrogens is 2. The molecule has 0 unspecified atom stereocenters. The van der Waals surface area contributed by atoms with Crippen LogP contribution in [0, 0.1) is 11.6 Å². The molecule has 23 heavy (non-hydrogen) atoms. The molecule has 4 rings (SSSR count). The third-order valence-corrected chi connectivity index (χ3v) is 3.77. The van der Waals surface area contributed by atoms with Gasteiger partial charge in [0.2, 0.25) is 6.79 Å². The van der Waals surface area contributed by atoms with Crippen LogP contribution in [-0.2, 0) is 6.54 Å². The van der Waals surface area contributed by atoms with Gasteiger partial charge in [0.15, 0.2) is 23.1 Å². The number of rotatable bonds is 3. The van der Waals surface area contributed by atoms with E-state index >= 15 is 0 Å². The van der Waals surface area contributed by atoms with Crippen molar-refractivity contribution in [1.29, 1.82) is 0 Å². The van der Waals surface area contributed by atoms with Crippen molar-refractivity contribution in [2.45, 2.75) is 6.54 Å². The smallest absolute Gasteiger partial charge is 0.231 e. The van der Waals surface area contributed by atoms with Gasteiger partial charge >= 0.3 is 0 Å². The van der Waals surface area contributed by atoms with Crippen LogP contribution in [0.5, 0.6) is 11.5 Å². The molecule has 0 aliphatic carbocycles. The van der Waals surface area contributed by atoms with Crippen molar-refractivity contribution >= 4 is 11.0 Å². The van der Waals surface area contributed by atoms with Crippen LogP contribution in [0.3, 0.4) is 0 Å². The molecule has 0 radical (unpaired) electrons. The molecule has 0 spiro atoms. The van der Waals surface area contributed by atoms with Crippen molar-refractivity contribution in [2.75, 3.05) is 13.3 Å². The Morgan fingerprint density at radius 1 is 1.09 bits per heavy atom. The molecule has 1 aliphatic rings. The van der Waals surface area contributed by atoms with Gasteiger partial charge in [-0.05, 0) is 18.2 Å². The summed E-state index contributed by atoms with van der Waals surface area (Å²) in [6.45, 7) is 1.05. The van der Waals surface area contributed by atoms with Crippen LogP contribution in [0.1, 0.15) is 0 Å². The Kier molecular flexibility index (Phi) is 3.16. The average Bonchev–Trinajstić information content (AvgIpc) is 3.13. The molecule has 2 heterocycles. The lowest BCUT2D eigenvalue weighted by Gasteiger charge is -2.08. The van der Waals surface area contributed by atoms with Crippen LogP contribution in [-0.4, -0.2) is 22.9 Å². The van der Waals surface area contributed by atoms with Gasteiger partial charge in [0.05, 0.1) is 11.0 Å². The number of hydrogen-bond donors (Lipinski definition) is 1. The lowest BCUT2D eigenvalue weighted by Crippen LogP contribution is -2.11. The van der Waals surface area contributed by atoms with Gasteiger partial charge in [0.25, 0.3) is 0 Å². The molecular formula is C16H13F2N3O2. The van der Waals surface area contributed by atoms with Crippen molar-refractivity contribution in [3.8, 4) is 22.9 Å². The summed E-state index contributed by atoms with van der Waals surface area (Å²) in [4.78, 5) is 4.53. The maximum atomic E-state index is 13.6. The summed E-state index contributed by atoms with van der Waals surface area (Å²) in [6.07, 6.45) is 0. The van der Waals surface area contributed by atoms with E-state index in [0.29, 0.717) is 41.5 Å². The lowest BCUT2D eigenvalue weighted by atomic mass is 10.2. The third-order valence-electron chi connectivity index (χ3n) is 3.77. The Morgan fingerprint density at radius 2 is 1.87 bits per heavy atom. The van der Waals surface area contributed by atoms with Gasteiger partial charge in [0.1, 0.15) is 5.82 Å². The maximum absolute atomic E-state index is 13.6. The number of nitrogens with zero attached hydrogens (tertiary/aromatic N) is 2. The van der Waals surface area contributed by atoms with E-state index in [0.717, 1.165) is 17.6 Å². The van der Waals surface area contributed by atoms with Crippen LogP contribution in [0.4, 0.5) is 8.78 Å². The summed E-state index contributed by atoms with van der Waals surface area (Å²) in [7, 11) is 0. The van der Waals surface area contributed by atoms with E-state index in [1.54, 1.807) is 6.07 Å². The minimum Gasteiger partial charge on any atom is -0.454 e. The van der Waals surface area contributed by atoms with E-state index in [1.807, 2.05) is 10.6 Å². The molecule has 1 aliphatic heterocycles. The van der Waals surface area contributed by atoms with Crippen molar-refractivity contribution in [3.63, 3.8) is 0 Å². The molecule has 118 valence electrons. The number of imidazole rings is 1.